The summed E-state index contributed by atoms with van der Waals surface area (Å²) in [7, 11) is 9.45. The molecule has 4 aromatic carbocycles. The van der Waals surface area contributed by atoms with Crippen LogP contribution in [0.2, 0.25) is 5.02 Å². The molecule has 8 N–H and O–H groups in total. The third-order valence-electron chi connectivity index (χ3n) is 17.0. The number of ether oxygens (including phenoxy) is 2. The molecular formula is C68H81ClF3N16O10+. The van der Waals surface area contributed by atoms with Crippen LogP contribution < -0.4 is 47.3 Å². The second-order valence-corrected chi connectivity index (χ2v) is 25.2. The van der Waals surface area contributed by atoms with Crippen molar-refractivity contribution in [3.8, 4) is 23.1 Å². The number of rotatable bonds is 29. The van der Waals surface area contributed by atoms with E-state index in [1.165, 1.54) is 23.1 Å². The summed E-state index contributed by atoms with van der Waals surface area (Å²) in [5.74, 6) is -6.09. The van der Waals surface area contributed by atoms with Gasteiger partial charge in [0.15, 0.2) is 0 Å². The molecule has 3 heterocycles. The number of nitriles is 1. The van der Waals surface area contributed by atoms with Crippen LogP contribution in [0.15, 0.2) is 102 Å². The molecule has 1 aliphatic rings. The summed E-state index contributed by atoms with van der Waals surface area (Å²) in [4.78, 5) is 113. The van der Waals surface area contributed by atoms with Crippen LogP contribution in [0.25, 0.3) is 21.7 Å². The fourth-order valence-corrected chi connectivity index (χ4v) is 11.8. The van der Waals surface area contributed by atoms with Crippen LogP contribution in [0.3, 0.4) is 0 Å². The number of carbonyl (C=O) groups is 8. The fraction of sp³-hybridized carbons (Fsp3) is 0.397. The zero-order valence-electron chi connectivity index (χ0n) is 55.9. The quantitative estimate of drug-likeness (QED) is 0.00440. The Morgan fingerprint density at radius 2 is 1.59 bits per heavy atom. The molecule has 0 saturated heterocycles. The lowest BCUT2D eigenvalue weighted by Crippen LogP contribution is -2.55. The summed E-state index contributed by atoms with van der Waals surface area (Å²) in [6.45, 7) is 8.10. The Morgan fingerprint density at radius 3 is 2.24 bits per heavy atom. The molecular weight excluding hydrogens is 1290 g/mol. The minimum atomic E-state index is -5.25. The molecule has 0 spiro atoms. The molecule has 3 atom stereocenters. The number of quaternary nitrogens is 1. The van der Waals surface area contributed by atoms with Crippen molar-refractivity contribution in [1.29, 1.82) is 5.26 Å². The first-order valence-electron chi connectivity index (χ1n) is 31.5. The number of esters is 1. The van der Waals surface area contributed by atoms with E-state index in [1.807, 2.05) is 35.2 Å². The number of hydrogen-bond donors (Lipinski definition) is 7. The number of azide groups is 1. The van der Waals surface area contributed by atoms with Gasteiger partial charge in [-0.25, -0.2) is 14.4 Å². The summed E-state index contributed by atoms with van der Waals surface area (Å²) in [6.07, 6.45) is -3.95. The van der Waals surface area contributed by atoms with Gasteiger partial charge in [0.2, 0.25) is 17.7 Å². The number of nitrogens with one attached hydrogen (secondary N) is 6. The average molecular weight is 1370 g/mol. The average Bonchev–Trinajstić information content (AvgIpc) is 1.57. The van der Waals surface area contributed by atoms with Crippen molar-refractivity contribution in [3.05, 3.63) is 163 Å². The van der Waals surface area contributed by atoms with Gasteiger partial charge in [-0.15, -0.1) is 0 Å². The number of nitrogens with zero attached hydrogens (tertiary/aromatic N) is 9. The van der Waals surface area contributed by atoms with Crippen molar-refractivity contribution in [2.75, 3.05) is 64.1 Å². The molecule has 0 unspecified atom stereocenters. The number of carbonyl (C=O) groups excluding carboxylic acids is 8. The van der Waals surface area contributed by atoms with E-state index in [0.29, 0.717) is 94.5 Å². The normalized spacial score (nSPS) is 13.4. The van der Waals surface area contributed by atoms with Crippen molar-refractivity contribution in [2.45, 2.75) is 104 Å². The third-order valence-corrected chi connectivity index (χ3v) is 17.2. The summed E-state index contributed by atoms with van der Waals surface area (Å²) in [6, 6.07) is 25.5. The highest BCUT2D eigenvalue weighted by molar-refractivity contribution is 6.31. The van der Waals surface area contributed by atoms with Gasteiger partial charge in [0, 0.05) is 94.9 Å². The fourth-order valence-electron chi connectivity index (χ4n) is 11.6. The van der Waals surface area contributed by atoms with Gasteiger partial charge in [0.25, 0.3) is 11.8 Å². The summed E-state index contributed by atoms with van der Waals surface area (Å²) in [5, 5.41) is 29.8. The Labute approximate surface area is 570 Å². The number of amides is 8. The van der Waals surface area contributed by atoms with Crippen molar-refractivity contribution in [2.24, 2.45) is 30.9 Å². The Bertz CT molecular complexity index is 4050. The van der Waals surface area contributed by atoms with E-state index in [4.69, 9.17) is 27.6 Å². The molecule has 98 heavy (non-hydrogen) atoms. The summed E-state index contributed by atoms with van der Waals surface area (Å²) in [5.41, 5.74) is 21.3. The van der Waals surface area contributed by atoms with Crippen molar-refractivity contribution in [1.82, 2.24) is 40.6 Å². The van der Waals surface area contributed by atoms with Crippen molar-refractivity contribution in [3.63, 3.8) is 0 Å². The van der Waals surface area contributed by atoms with Crippen LogP contribution in [0.5, 0.6) is 5.75 Å². The molecule has 0 bridgehead atoms. The number of halogens is 4. The van der Waals surface area contributed by atoms with Gasteiger partial charge in [-0.2, -0.15) is 18.4 Å². The number of fused-ring (bicyclic) bond motifs is 1. The highest BCUT2D eigenvalue weighted by Gasteiger charge is 2.42. The summed E-state index contributed by atoms with van der Waals surface area (Å²) < 4.78 is 52.7. The van der Waals surface area contributed by atoms with Crippen molar-refractivity contribution >= 4 is 76.3 Å². The number of urea groups is 1. The molecule has 1 aliphatic heterocycles. The van der Waals surface area contributed by atoms with Gasteiger partial charge in [0.05, 0.1) is 45.0 Å². The number of alkyl carbamates (subject to hydrolysis) is 1. The first kappa shape index (κ1) is 75.0. The van der Waals surface area contributed by atoms with E-state index < -0.39 is 78.2 Å². The van der Waals surface area contributed by atoms with E-state index in [1.54, 1.807) is 88.3 Å². The Kier molecular flexibility index (Phi) is 25.6. The SMILES string of the molecule is CNCc1cc(NC(=O)[C@H](CCCNC(N)=O)NC(=O)[C@@H](NC(=O)CNC(=O)OCCN=[N+]=[N-])C(C)C)ccc1C[N+](C)(C)CCC[C@@H]1Cc2ccccc2CN1C(=O)c1ccc(Cl)cc1-c1cc(C(=O)N(c2ccc(OC(=O)C(F)(F)F)cc2)c2cc(C#N)n(C)c2C)c(C)n1C. The lowest BCUT2D eigenvalue weighted by atomic mass is 9.90. The molecule has 0 fully saturated rings. The Balaban J connectivity index is 1.08. The van der Waals surface area contributed by atoms with Gasteiger partial charge in [-0.05, 0) is 148 Å². The molecule has 0 saturated carbocycles. The summed E-state index contributed by atoms with van der Waals surface area (Å²) >= 11 is 6.77. The van der Waals surface area contributed by atoms with Crippen molar-refractivity contribution < 1.29 is 65.5 Å². The molecule has 6 aromatic rings. The predicted octanol–water partition coefficient (Wildman–Crippen LogP) is 9.01. The number of benzene rings is 4. The van der Waals surface area contributed by atoms with Crippen LogP contribution in [0.4, 0.5) is 39.8 Å². The zero-order chi connectivity index (χ0) is 71.8. The number of hydrogen-bond acceptors (Lipinski definition) is 13. The highest BCUT2D eigenvalue weighted by Crippen LogP contribution is 2.38. The predicted molar refractivity (Wildman–Crippen MR) is 361 cm³/mol. The van der Waals surface area contributed by atoms with E-state index in [9.17, 15) is 47.2 Å². The van der Waals surface area contributed by atoms with E-state index in [2.05, 4.69) is 72.9 Å². The molecule has 8 amide bonds. The first-order valence-corrected chi connectivity index (χ1v) is 31.9. The maximum Gasteiger partial charge on any atom is 0.491 e. The monoisotopic (exact) mass is 1370 g/mol. The lowest BCUT2D eigenvalue weighted by molar-refractivity contribution is -0.903. The highest BCUT2D eigenvalue weighted by atomic mass is 35.5. The molecule has 0 radical (unpaired) electrons. The maximum atomic E-state index is 15.5. The third kappa shape index (κ3) is 19.4. The lowest BCUT2D eigenvalue weighted by Gasteiger charge is -2.38. The largest absolute Gasteiger partial charge is 0.491 e. The standard InChI is InChI=1S/C68H80ClF3N16O10/c1-40(2)60(82-59(89)37-78-67(96)97-29-27-79-83-75)62(91)81-56(17-12-26-77-66(74)95)61(90)80-48-20-18-45(46(30-48)36-76-5)39-88(8,9)28-13-16-50-31-43-14-10-11-15-44(43)38-86(50)63(92)53-25-19-47(69)32-55(53)58-34-54(41(3)85(58)7)64(93)87(57-33-51(35-73)84(6)42(57)4)49-21-23-52(24-22-49)98-65(94)68(70,71)72/h10-11,14-15,18-25,30,32-34,40,50,56,60,76H,12-13,16-17,26-29,31,36-39H2,1-9H3,(H6-,74,77,78,80,81,82,89,90,91,95,96)/p+1/t50-,56+,60+/m1/s1. The van der Waals surface area contributed by atoms with Gasteiger partial charge >= 0.3 is 24.3 Å². The van der Waals surface area contributed by atoms with Gasteiger partial charge in [-0.1, -0.05) is 60.9 Å². The number of aromatic nitrogens is 2. The number of alkyl halides is 3. The number of primary amides is 1. The van der Waals surface area contributed by atoms with Crippen LogP contribution >= 0.6 is 11.6 Å². The zero-order valence-corrected chi connectivity index (χ0v) is 56.7. The Hall–Kier alpha value is -10.4. The van der Waals surface area contributed by atoms with E-state index >= 15 is 9.59 Å². The van der Waals surface area contributed by atoms with Gasteiger partial charge < -0.3 is 65.6 Å². The molecule has 30 heteroatoms. The first-order chi connectivity index (χ1) is 46.4. The minimum absolute atomic E-state index is 0.0724. The van der Waals surface area contributed by atoms with Gasteiger partial charge in [-0.3, -0.25) is 28.9 Å². The second-order valence-electron chi connectivity index (χ2n) is 24.7. The smallest absolute Gasteiger partial charge is 0.449 e. The molecule has 2 aromatic heterocycles. The van der Waals surface area contributed by atoms with E-state index in [0.717, 1.165) is 34.4 Å². The topological polar surface area (TPSA) is 342 Å². The van der Waals surface area contributed by atoms with Crippen LogP contribution in [0, 0.1) is 31.1 Å². The maximum absolute atomic E-state index is 15.5. The van der Waals surface area contributed by atoms with Crippen LogP contribution in [0.1, 0.15) is 99.6 Å². The Morgan fingerprint density at radius 1 is 0.878 bits per heavy atom. The van der Waals surface area contributed by atoms with E-state index in [-0.39, 0.29) is 61.4 Å². The number of nitrogens with two attached hydrogens (primary N) is 1. The molecule has 520 valence electrons. The molecule has 7 rings (SSSR count). The molecule has 26 nitrogen and oxygen atoms in total. The molecule has 0 aliphatic carbocycles. The number of anilines is 3. The minimum Gasteiger partial charge on any atom is -0.449 e. The van der Waals surface area contributed by atoms with Gasteiger partial charge in [0.1, 0.15) is 42.7 Å². The van der Waals surface area contributed by atoms with Crippen LogP contribution in [-0.2, 0) is 64.1 Å². The second kappa shape index (κ2) is 33.5. The van der Waals surface area contributed by atoms with Crippen LogP contribution in [-0.4, -0.2) is 144 Å².